The van der Waals surface area contributed by atoms with Gasteiger partial charge in [0, 0.05) is 50.4 Å². The Kier molecular flexibility index (Phi) is 3.64. The Hall–Kier alpha value is -2.30. The largest absolute Gasteiger partial charge is 0.361 e. The standard InChI is InChI=1S/C16H19N3O2/c1-12(20)18-7-2-8-19(10-9-18)16(21)14-4-3-13-5-6-17-15(13)11-14/h3-6,11,17H,2,7-10H2,1H3. The van der Waals surface area contributed by atoms with Crippen molar-refractivity contribution in [3.63, 3.8) is 0 Å². The smallest absolute Gasteiger partial charge is 0.253 e. The van der Waals surface area contributed by atoms with Gasteiger partial charge in [-0.1, -0.05) is 6.07 Å². The molecule has 1 aliphatic rings. The molecule has 5 nitrogen and oxygen atoms in total. The van der Waals surface area contributed by atoms with Gasteiger partial charge in [0.15, 0.2) is 0 Å². The second-order valence-electron chi connectivity index (χ2n) is 5.43. The highest BCUT2D eigenvalue weighted by Crippen LogP contribution is 2.16. The predicted octanol–water partition coefficient (Wildman–Crippen LogP) is 1.86. The highest BCUT2D eigenvalue weighted by atomic mass is 16.2. The van der Waals surface area contributed by atoms with Crippen molar-refractivity contribution in [2.45, 2.75) is 13.3 Å². The van der Waals surface area contributed by atoms with E-state index in [4.69, 9.17) is 0 Å². The van der Waals surface area contributed by atoms with E-state index in [0.717, 1.165) is 23.9 Å². The Bertz CT molecular complexity index is 677. The monoisotopic (exact) mass is 285 g/mol. The molecule has 1 aliphatic heterocycles. The van der Waals surface area contributed by atoms with Crippen molar-refractivity contribution in [2.75, 3.05) is 26.2 Å². The zero-order chi connectivity index (χ0) is 14.8. The van der Waals surface area contributed by atoms with Crippen molar-refractivity contribution in [1.82, 2.24) is 14.8 Å². The summed E-state index contributed by atoms with van der Waals surface area (Å²) in [6, 6.07) is 7.70. The number of rotatable bonds is 1. The van der Waals surface area contributed by atoms with Crippen molar-refractivity contribution in [3.8, 4) is 0 Å². The number of benzene rings is 1. The molecule has 0 radical (unpaired) electrons. The van der Waals surface area contributed by atoms with Crippen LogP contribution in [0.5, 0.6) is 0 Å². The zero-order valence-corrected chi connectivity index (χ0v) is 12.1. The first-order valence-corrected chi connectivity index (χ1v) is 7.27. The molecule has 2 aromatic rings. The molecular formula is C16H19N3O2. The topological polar surface area (TPSA) is 56.4 Å². The highest BCUT2D eigenvalue weighted by molar-refractivity contribution is 5.98. The van der Waals surface area contributed by atoms with Crippen molar-refractivity contribution in [2.24, 2.45) is 0 Å². The lowest BCUT2D eigenvalue weighted by Crippen LogP contribution is -2.36. The number of hydrogen-bond acceptors (Lipinski definition) is 2. The second kappa shape index (κ2) is 5.60. The predicted molar refractivity (Wildman–Crippen MR) is 81.1 cm³/mol. The maximum Gasteiger partial charge on any atom is 0.253 e. The lowest BCUT2D eigenvalue weighted by molar-refractivity contribution is -0.128. The van der Waals surface area contributed by atoms with Gasteiger partial charge < -0.3 is 14.8 Å². The molecule has 5 heteroatoms. The molecule has 0 bridgehead atoms. The summed E-state index contributed by atoms with van der Waals surface area (Å²) in [6.45, 7) is 4.23. The average molecular weight is 285 g/mol. The quantitative estimate of drug-likeness (QED) is 0.869. The number of nitrogens with one attached hydrogen (secondary N) is 1. The van der Waals surface area contributed by atoms with Gasteiger partial charge in [-0.15, -0.1) is 0 Å². The number of fused-ring (bicyclic) bond motifs is 1. The van der Waals surface area contributed by atoms with Crippen LogP contribution in [0.1, 0.15) is 23.7 Å². The van der Waals surface area contributed by atoms with Gasteiger partial charge in [-0.05, 0) is 30.0 Å². The number of hydrogen-bond donors (Lipinski definition) is 1. The Morgan fingerprint density at radius 3 is 2.62 bits per heavy atom. The lowest BCUT2D eigenvalue weighted by Gasteiger charge is -2.21. The first-order chi connectivity index (χ1) is 10.1. The minimum absolute atomic E-state index is 0.0388. The number of carbonyl (C=O) groups excluding carboxylic acids is 2. The molecule has 0 aliphatic carbocycles. The van der Waals surface area contributed by atoms with Gasteiger partial charge in [-0.2, -0.15) is 0 Å². The van der Waals surface area contributed by atoms with Gasteiger partial charge >= 0.3 is 0 Å². The zero-order valence-electron chi connectivity index (χ0n) is 12.1. The third-order valence-corrected chi connectivity index (χ3v) is 4.03. The normalized spacial score (nSPS) is 16.0. The van der Waals surface area contributed by atoms with E-state index < -0.39 is 0 Å². The Morgan fingerprint density at radius 2 is 1.81 bits per heavy atom. The van der Waals surface area contributed by atoms with E-state index in [-0.39, 0.29) is 11.8 Å². The van der Waals surface area contributed by atoms with Crippen LogP contribution in [0.25, 0.3) is 10.9 Å². The molecule has 2 heterocycles. The van der Waals surface area contributed by atoms with Crippen LogP contribution in [-0.4, -0.2) is 52.8 Å². The Balaban J connectivity index is 1.76. The Morgan fingerprint density at radius 1 is 1.05 bits per heavy atom. The molecule has 21 heavy (non-hydrogen) atoms. The summed E-state index contributed by atoms with van der Waals surface area (Å²) >= 11 is 0. The van der Waals surface area contributed by atoms with Gasteiger partial charge in [-0.25, -0.2) is 0 Å². The molecule has 1 saturated heterocycles. The van der Waals surface area contributed by atoms with Crippen LogP contribution in [0.3, 0.4) is 0 Å². The third-order valence-electron chi connectivity index (χ3n) is 4.03. The maximum atomic E-state index is 12.6. The van der Waals surface area contributed by atoms with E-state index in [9.17, 15) is 9.59 Å². The first kappa shape index (κ1) is 13.7. The van der Waals surface area contributed by atoms with E-state index in [1.165, 1.54) is 0 Å². The molecule has 1 N–H and O–H groups in total. The van der Waals surface area contributed by atoms with Crippen LogP contribution in [0.15, 0.2) is 30.5 Å². The summed E-state index contributed by atoms with van der Waals surface area (Å²) < 4.78 is 0. The van der Waals surface area contributed by atoms with Gasteiger partial charge in [0.05, 0.1) is 0 Å². The molecular weight excluding hydrogens is 266 g/mol. The molecule has 0 spiro atoms. The van der Waals surface area contributed by atoms with Crippen LogP contribution in [0, 0.1) is 0 Å². The summed E-state index contributed by atoms with van der Waals surface area (Å²) in [5, 5.41) is 1.10. The van der Waals surface area contributed by atoms with Gasteiger partial charge in [0.25, 0.3) is 5.91 Å². The SMILES string of the molecule is CC(=O)N1CCCN(C(=O)c2ccc3cc[nH]c3c2)CC1. The molecule has 2 amide bonds. The fourth-order valence-electron chi connectivity index (χ4n) is 2.80. The van der Waals surface area contributed by atoms with Gasteiger partial charge in [0.1, 0.15) is 0 Å². The second-order valence-corrected chi connectivity index (χ2v) is 5.43. The van der Waals surface area contributed by atoms with Crippen LogP contribution >= 0.6 is 0 Å². The summed E-state index contributed by atoms with van der Waals surface area (Å²) in [4.78, 5) is 30.8. The average Bonchev–Trinajstić information content (AvgIpc) is 2.80. The summed E-state index contributed by atoms with van der Waals surface area (Å²) in [7, 11) is 0. The molecule has 0 atom stereocenters. The van der Waals surface area contributed by atoms with Crippen molar-refractivity contribution in [1.29, 1.82) is 0 Å². The Labute approximate surface area is 123 Å². The fraction of sp³-hybridized carbons (Fsp3) is 0.375. The summed E-state index contributed by atoms with van der Waals surface area (Å²) in [5.41, 5.74) is 1.67. The minimum Gasteiger partial charge on any atom is -0.361 e. The molecule has 1 aromatic carbocycles. The van der Waals surface area contributed by atoms with E-state index >= 15 is 0 Å². The van der Waals surface area contributed by atoms with Crippen molar-refractivity contribution >= 4 is 22.7 Å². The number of carbonyl (C=O) groups is 2. The van der Waals surface area contributed by atoms with Crippen LogP contribution < -0.4 is 0 Å². The number of aromatic nitrogens is 1. The number of nitrogens with zero attached hydrogens (tertiary/aromatic N) is 2. The highest BCUT2D eigenvalue weighted by Gasteiger charge is 2.21. The van der Waals surface area contributed by atoms with E-state index in [2.05, 4.69) is 4.98 Å². The van der Waals surface area contributed by atoms with Gasteiger partial charge in [0.2, 0.25) is 5.91 Å². The first-order valence-electron chi connectivity index (χ1n) is 7.27. The number of amides is 2. The van der Waals surface area contributed by atoms with Crippen LogP contribution in [-0.2, 0) is 4.79 Å². The van der Waals surface area contributed by atoms with E-state index in [0.29, 0.717) is 25.2 Å². The fourth-order valence-corrected chi connectivity index (χ4v) is 2.80. The van der Waals surface area contributed by atoms with Gasteiger partial charge in [-0.3, -0.25) is 9.59 Å². The summed E-state index contributed by atoms with van der Waals surface area (Å²) in [5.74, 6) is 0.119. The minimum atomic E-state index is 0.0388. The lowest BCUT2D eigenvalue weighted by atomic mass is 10.1. The molecule has 1 aromatic heterocycles. The maximum absolute atomic E-state index is 12.6. The van der Waals surface area contributed by atoms with Crippen LogP contribution in [0.4, 0.5) is 0 Å². The molecule has 3 rings (SSSR count). The third kappa shape index (κ3) is 2.77. The molecule has 0 unspecified atom stereocenters. The number of aromatic amines is 1. The molecule has 1 fully saturated rings. The molecule has 0 saturated carbocycles. The molecule has 110 valence electrons. The van der Waals surface area contributed by atoms with Crippen molar-refractivity contribution in [3.05, 3.63) is 36.0 Å². The van der Waals surface area contributed by atoms with E-state index in [1.54, 1.807) is 11.8 Å². The summed E-state index contributed by atoms with van der Waals surface area (Å²) in [6.07, 6.45) is 2.70. The van der Waals surface area contributed by atoms with E-state index in [1.807, 2.05) is 35.4 Å². The van der Waals surface area contributed by atoms with Crippen LogP contribution in [0.2, 0.25) is 0 Å². The van der Waals surface area contributed by atoms with Crippen molar-refractivity contribution < 1.29 is 9.59 Å². The number of H-pyrrole nitrogens is 1.